The number of piperidine rings is 1. The minimum absolute atomic E-state index is 0.185. The van der Waals surface area contributed by atoms with E-state index < -0.39 is 0 Å². The number of aryl methyl sites for hydroxylation is 3. The Balaban J connectivity index is 1.32. The van der Waals surface area contributed by atoms with Crippen LogP contribution in [-0.4, -0.2) is 48.8 Å². The van der Waals surface area contributed by atoms with Gasteiger partial charge in [-0.3, -0.25) is 14.5 Å². The molecule has 4 rings (SSSR count). The summed E-state index contributed by atoms with van der Waals surface area (Å²) in [6.07, 6.45) is 4.95. The van der Waals surface area contributed by atoms with Crippen LogP contribution in [-0.2, 0) is 17.8 Å². The van der Waals surface area contributed by atoms with Gasteiger partial charge in [-0.2, -0.15) is 10.1 Å². The van der Waals surface area contributed by atoms with Crippen molar-refractivity contribution in [3.05, 3.63) is 47.7 Å². The van der Waals surface area contributed by atoms with Crippen LogP contribution in [0.25, 0.3) is 11.6 Å². The zero-order chi connectivity index (χ0) is 20.2. The number of hydrogen-bond acceptors (Lipinski definition) is 6. The average Bonchev–Trinajstić information content (AvgIpc) is 3.32. The summed E-state index contributed by atoms with van der Waals surface area (Å²) in [4.78, 5) is 23.4. The molecular weight excluding hydrogens is 368 g/mol. The van der Waals surface area contributed by atoms with E-state index in [1.54, 1.807) is 6.20 Å². The highest BCUT2D eigenvalue weighted by Gasteiger charge is 2.25. The first kappa shape index (κ1) is 19.3. The zero-order valence-electron chi connectivity index (χ0n) is 16.9. The zero-order valence-corrected chi connectivity index (χ0v) is 16.9. The number of carbonyl (C=O) groups is 1. The van der Waals surface area contributed by atoms with Crippen LogP contribution in [0.4, 0.5) is 0 Å². The van der Waals surface area contributed by atoms with Crippen molar-refractivity contribution in [3.63, 3.8) is 0 Å². The molecule has 0 bridgehead atoms. The van der Waals surface area contributed by atoms with Crippen LogP contribution >= 0.6 is 0 Å². The van der Waals surface area contributed by atoms with Gasteiger partial charge in [0.1, 0.15) is 5.69 Å². The molecule has 1 unspecified atom stereocenters. The standard InChI is InChI=1S/C21H26N6O2/c1-15-12-16(2)27(24-15)11-8-20(28)26-10-5-6-17(14-26)13-19-23-21(29-25-19)18-7-3-4-9-22-18/h3-4,7,9,12,17H,5-6,8,10-11,13-14H2,1-2H3. The Bertz CT molecular complexity index is 965. The lowest BCUT2D eigenvalue weighted by Crippen LogP contribution is -2.41. The molecule has 0 N–H and O–H groups in total. The van der Waals surface area contributed by atoms with E-state index in [2.05, 4.69) is 20.2 Å². The fraction of sp³-hybridized carbons (Fsp3) is 0.476. The van der Waals surface area contributed by atoms with Crippen molar-refractivity contribution in [3.8, 4) is 11.6 Å². The average molecular weight is 394 g/mol. The molecule has 1 aliphatic heterocycles. The molecular formula is C21H26N6O2. The molecule has 3 aromatic rings. The van der Waals surface area contributed by atoms with Gasteiger partial charge in [-0.1, -0.05) is 11.2 Å². The van der Waals surface area contributed by atoms with Crippen LogP contribution in [0, 0.1) is 19.8 Å². The van der Waals surface area contributed by atoms with Gasteiger partial charge >= 0.3 is 0 Å². The molecule has 0 aromatic carbocycles. The van der Waals surface area contributed by atoms with Gasteiger partial charge in [-0.25, -0.2) is 0 Å². The lowest BCUT2D eigenvalue weighted by atomic mass is 9.94. The number of amides is 1. The predicted molar refractivity (Wildman–Crippen MR) is 107 cm³/mol. The maximum atomic E-state index is 12.7. The van der Waals surface area contributed by atoms with E-state index in [4.69, 9.17) is 4.52 Å². The summed E-state index contributed by atoms with van der Waals surface area (Å²) < 4.78 is 7.26. The Hall–Kier alpha value is -3.03. The van der Waals surface area contributed by atoms with Gasteiger partial charge in [0.25, 0.3) is 5.89 Å². The molecule has 1 aliphatic rings. The second kappa shape index (κ2) is 8.55. The quantitative estimate of drug-likeness (QED) is 0.639. The number of rotatable bonds is 6. The van der Waals surface area contributed by atoms with Gasteiger partial charge in [0.05, 0.1) is 5.69 Å². The summed E-state index contributed by atoms with van der Waals surface area (Å²) in [5.41, 5.74) is 2.75. The maximum absolute atomic E-state index is 12.7. The molecule has 4 heterocycles. The summed E-state index contributed by atoms with van der Waals surface area (Å²) in [6.45, 7) is 6.17. The molecule has 1 saturated heterocycles. The van der Waals surface area contributed by atoms with Gasteiger partial charge in [0.2, 0.25) is 5.91 Å². The third-order valence-electron chi connectivity index (χ3n) is 5.34. The summed E-state index contributed by atoms with van der Waals surface area (Å²) in [6, 6.07) is 7.62. The summed E-state index contributed by atoms with van der Waals surface area (Å²) in [5, 5.41) is 8.54. The molecule has 0 radical (unpaired) electrons. The van der Waals surface area contributed by atoms with Gasteiger partial charge in [0.15, 0.2) is 5.82 Å². The van der Waals surface area contributed by atoms with E-state index >= 15 is 0 Å². The third kappa shape index (κ3) is 4.70. The van der Waals surface area contributed by atoms with Gasteiger partial charge in [0, 0.05) is 44.4 Å². The molecule has 0 saturated carbocycles. The normalized spacial score (nSPS) is 16.9. The van der Waals surface area contributed by atoms with E-state index in [1.807, 2.05) is 47.7 Å². The van der Waals surface area contributed by atoms with Crippen molar-refractivity contribution >= 4 is 5.91 Å². The molecule has 1 amide bonds. The Morgan fingerprint density at radius 2 is 2.21 bits per heavy atom. The molecule has 8 heteroatoms. The summed E-state index contributed by atoms with van der Waals surface area (Å²) in [7, 11) is 0. The van der Waals surface area contributed by atoms with E-state index in [1.165, 1.54) is 0 Å². The Labute approximate surface area is 169 Å². The topological polar surface area (TPSA) is 89.9 Å². The van der Waals surface area contributed by atoms with Crippen LogP contribution in [0.2, 0.25) is 0 Å². The second-order valence-electron chi connectivity index (χ2n) is 7.68. The molecule has 152 valence electrons. The van der Waals surface area contributed by atoms with Crippen LogP contribution in [0.3, 0.4) is 0 Å². The Kier molecular flexibility index (Phi) is 5.69. The molecule has 1 atom stereocenters. The van der Waals surface area contributed by atoms with Crippen molar-refractivity contribution in [2.75, 3.05) is 13.1 Å². The van der Waals surface area contributed by atoms with Crippen LogP contribution in [0.15, 0.2) is 35.0 Å². The molecule has 0 aliphatic carbocycles. The summed E-state index contributed by atoms with van der Waals surface area (Å²) in [5.74, 6) is 1.64. The number of aromatic nitrogens is 5. The monoisotopic (exact) mass is 394 g/mol. The Morgan fingerprint density at radius 3 is 2.97 bits per heavy atom. The molecule has 29 heavy (non-hydrogen) atoms. The van der Waals surface area contributed by atoms with Gasteiger partial charge in [-0.15, -0.1) is 0 Å². The highest BCUT2D eigenvalue weighted by atomic mass is 16.5. The van der Waals surface area contributed by atoms with Gasteiger partial charge in [-0.05, 0) is 50.8 Å². The molecule has 0 spiro atoms. The van der Waals surface area contributed by atoms with Crippen molar-refractivity contribution in [2.45, 2.75) is 46.1 Å². The van der Waals surface area contributed by atoms with Crippen LogP contribution in [0.5, 0.6) is 0 Å². The highest BCUT2D eigenvalue weighted by Crippen LogP contribution is 2.22. The van der Waals surface area contributed by atoms with E-state index in [0.717, 1.165) is 37.3 Å². The fourth-order valence-corrected chi connectivity index (χ4v) is 3.91. The highest BCUT2D eigenvalue weighted by molar-refractivity contribution is 5.76. The third-order valence-corrected chi connectivity index (χ3v) is 5.34. The minimum Gasteiger partial charge on any atom is -0.342 e. The van der Waals surface area contributed by atoms with Crippen LogP contribution < -0.4 is 0 Å². The largest absolute Gasteiger partial charge is 0.342 e. The van der Waals surface area contributed by atoms with Crippen molar-refractivity contribution < 1.29 is 9.32 Å². The summed E-state index contributed by atoms with van der Waals surface area (Å²) >= 11 is 0. The van der Waals surface area contributed by atoms with Crippen molar-refractivity contribution in [1.29, 1.82) is 0 Å². The fourth-order valence-electron chi connectivity index (χ4n) is 3.91. The van der Waals surface area contributed by atoms with Crippen molar-refractivity contribution in [2.24, 2.45) is 5.92 Å². The van der Waals surface area contributed by atoms with E-state index in [9.17, 15) is 4.79 Å². The maximum Gasteiger partial charge on any atom is 0.276 e. The van der Waals surface area contributed by atoms with E-state index in [0.29, 0.717) is 42.7 Å². The van der Waals surface area contributed by atoms with E-state index in [-0.39, 0.29) is 5.91 Å². The van der Waals surface area contributed by atoms with Crippen molar-refractivity contribution in [1.82, 2.24) is 29.8 Å². The molecule has 8 nitrogen and oxygen atoms in total. The Morgan fingerprint density at radius 1 is 1.31 bits per heavy atom. The first-order chi connectivity index (χ1) is 14.1. The predicted octanol–water partition coefficient (Wildman–Crippen LogP) is 2.82. The molecule has 3 aromatic heterocycles. The number of carbonyl (C=O) groups excluding carboxylic acids is 1. The first-order valence-corrected chi connectivity index (χ1v) is 10.1. The first-order valence-electron chi connectivity index (χ1n) is 10.1. The second-order valence-corrected chi connectivity index (χ2v) is 7.68. The van der Waals surface area contributed by atoms with Gasteiger partial charge < -0.3 is 9.42 Å². The SMILES string of the molecule is Cc1cc(C)n(CCC(=O)N2CCCC(Cc3noc(-c4ccccn4)n3)C2)n1. The lowest BCUT2D eigenvalue weighted by molar-refractivity contribution is -0.133. The molecule has 1 fully saturated rings. The lowest BCUT2D eigenvalue weighted by Gasteiger charge is -2.32. The smallest absolute Gasteiger partial charge is 0.276 e. The number of likely N-dealkylation sites (tertiary alicyclic amines) is 1. The minimum atomic E-state index is 0.185. The number of pyridine rings is 1. The number of hydrogen-bond donors (Lipinski definition) is 0. The number of nitrogens with zero attached hydrogens (tertiary/aromatic N) is 6. The van der Waals surface area contributed by atoms with Crippen LogP contribution in [0.1, 0.15) is 36.5 Å².